The third-order valence-electron chi connectivity index (χ3n) is 6.64. The zero-order valence-corrected chi connectivity index (χ0v) is 21.3. The predicted octanol–water partition coefficient (Wildman–Crippen LogP) is 3.78. The number of hydrogen-bond acceptors (Lipinski definition) is 4. The summed E-state index contributed by atoms with van der Waals surface area (Å²) in [6.45, 7) is 4.34. The van der Waals surface area contributed by atoms with E-state index in [1.807, 2.05) is 53.4 Å². The Kier molecular flexibility index (Phi) is 7.80. The molecule has 0 radical (unpaired) electrons. The molecule has 2 amide bonds. The zero-order chi connectivity index (χ0) is 24.9. The first-order valence-electron chi connectivity index (χ1n) is 12.0. The summed E-state index contributed by atoms with van der Waals surface area (Å²) in [5.74, 6) is 0.0218. The molecule has 0 bridgehead atoms. The molecule has 8 heteroatoms. The van der Waals surface area contributed by atoms with Gasteiger partial charge < -0.3 is 10.2 Å². The quantitative estimate of drug-likeness (QED) is 0.519. The Morgan fingerprint density at radius 2 is 1.74 bits per heavy atom. The van der Waals surface area contributed by atoms with Gasteiger partial charge in [-0.15, -0.1) is 11.8 Å². The molecule has 1 fully saturated rings. The van der Waals surface area contributed by atoms with Crippen LogP contribution in [0.5, 0.6) is 0 Å². The van der Waals surface area contributed by atoms with E-state index in [-0.39, 0.29) is 34.9 Å². The molecule has 1 aromatic heterocycles. The molecule has 0 spiro atoms. The molecule has 2 heterocycles. The average molecular weight is 493 g/mol. The van der Waals surface area contributed by atoms with E-state index >= 15 is 0 Å². The Morgan fingerprint density at radius 1 is 1.09 bits per heavy atom. The fraction of sp³-hybridized carbons (Fsp3) is 0.370. The van der Waals surface area contributed by atoms with Crippen LogP contribution in [0.4, 0.5) is 5.69 Å². The van der Waals surface area contributed by atoms with Crippen LogP contribution < -0.4 is 10.9 Å². The number of nitrogens with zero attached hydrogens (tertiary/aromatic N) is 3. The van der Waals surface area contributed by atoms with Crippen molar-refractivity contribution in [1.82, 2.24) is 14.3 Å². The molecule has 2 aromatic carbocycles. The van der Waals surface area contributed by atoms with E-state index in [2.05, 4.69) is 17.4 Å². The summed E-state index contributed by atoms with van der Waals surface area (Å²) in [5.41, 5.74) is 2.62. The van der Waals surface area contributed by atoms with Crippen LogP contribution in [0.1, 0.15) is 31.0 Å². The van der Waals surface area contributed by atoms with Gasteiger partial charge in [0.05, 0.1) is 22.4 Å². The molecule has 2 atom stereocenters. The number of carbonyl (C=O) groups excluding carboxylic acids is 2. The van der Waals surface area contributed by atoms with Crippen LogP contribution in [0.3, 0.4) is 0 Å². The van der Waals surface area contributed by atoms with Crippen LogP contribution in [0.2, 0.25) is 0 Å². The first-order valence-corrected chi connectivity index (χ1v) is 13.0. The Hall–Kier alpha value is -3.26. The minimum Gasteiger partial charge on any atom is -0.339 e. The molecule has 3 aromatic rings. The van der Waals surface area contributed by atoms with Gasteiger partial charge in [-0.05, 0) is 50.8 Å². The Labute approximate surface area is 210 Å². The monoisotopic (exact) mass is 492 g/mol. The largest absolute Gasteiger partial charge is 0.339 e. The summed E-state index contributed by atoms with van der Waals surface area (Å²) in [6, 6.07) is 19.8. The van der Waals surface area contributed by atoms with E-state index in [1.54, 1.807) is 25.6 Å². The second-order valence-electron chi connectivity index (χ2n) is 8.95. The van der Waals surface area contributed by atoms with Crippen LogP contribution in [0, 0.1) is 6.92 Å². The van der Waals surface area contributed by atoms with E-state index < -0.39 is 5.25 Å². The third kappa shape index (κ3) is 5.53. The van der Waals surface area contributed by atoms with Crippen molar-refractivity contribution in [3.05, 3.63) is 82.3 Å². The molecule has 184 valence electrons. The number of hydrogen-bond donors (Lipinski definition) is 1. The number of anilines is 1. The lowest BCUT2D eigenvalue weighted by molar-refractivity contribution is -0.129. The van der Waals surface area contributed by atoms with Gasteiger partial charge in [-0.2, -0.15) is 0 Å². The number of carbonyl (C=O) groups is 2. The zero-order valence-electron chi connectivity index (χ0n) is 20.4. The highest BCUT2D eigenvalue weighted by atomic mass is 32.2. The van der Waals surface area contributed by atoms with E-state index in [4.69, 9.17) is 0 Å². The van der Waals surface area contributed by atoms with Crippen LogP contribution >= 0.6 is 11.8 Å². The number of para-hydroxylation sites is 1. The second-order valence-corrected chi connectivity index (χ2v) is 10.3. The molecule has 0 saturated carbocycles. The number of rotatable bonds is 8. The van der Waals surface area contributed by atoms with Gasteiger partial charge >= 0.3 is 0 Å². The lowest BCUT2D eigenvalue weighted by Gasteiger charge is -2.25. The van der Waals surface area contributed by atoms with Crippen molar-refractivity contribution in [3.63, 3.8) is 0 Å². The highest BCUT2D eigenvalue weighted by Gasteiger charge is 2.29. The van der Waals surface area contributed by atoms with Crippen molar-refractivity contribution in [2.24, 2.45) is 7.05 Å². The number of aromatic nitrogens is 2. The van der Waals surface area contributed by atoms with Crippen molar-refractivity contribution in [2.75, 3.05) is 17.6 Å². The summed E-state index contributed by atoms with van der Waals surface area (Å²) < 4.78 is 3.27. The third-order valence-corrected chi connectivity index (χ3v) is 7.77. The fourth-order valence-electron chi connectivity index (χ4n) is 4.55. The first kappa shape index (κ1) is 24.9. The molecule has 2 unspecified atom stereocenters. The number of benzene rings is 2. The maximum absolute atomic E-state index is 13.1. The first-order chi connectivity index (χ1) is 16.9. The average Bonchev–Trinajstić information content (AvgIpc) is 3.41. The van der Waals surface area contributed by atoms with Crippen molar-refractivity contribution < 1.29 is 9.59 Å². The molecule has 1 aliphatic heterocycles. The predicted molar refractivity (Wildman–Crippen MR) is 141 cm³/mol. The lowest BCUT2D eigenvalue weighted by Crippen LogP contribution is -2.38. The van der Waals surface area contributed by atoms with Crippen LogP contribution in [-0.2, 0) is 23.1 Å². The Balaban J connectivity index is 1.36. The van der Waals surface area contributed by atoms with Gasteiger partial charge in [0, 0.05) is 19.6 Å². The second kappa shape index (κ2) is 11.0. The van der Waals surface area contributed by atoms with Crippen LogP contribution in [0.25, 0.3) is 5.69 Å². The molecule has 1 aliphatic rings. The van der Waals surface area contributed by atoms with Gasteiger partial charge in [-0.1, -0.05) is 48.5 Å². The summed E-state index contributed by atoms with van der Waals surface area (Å²) >= 11 is 1.31. The molecule has 1 N–H and O–H groups in total. The highest BCUT2D eigenvalue weighted by Crippen LogP contribution is 2.24. The summed E-state index contributed by atoms with van der Waals surface area (Å²) in [5, 5.41) is 2.33. The number of likely N-dealkylation sites (tertiary alicyclic amines) is 1. The summed E-state index contributed by atoms with van der Waals surface area (Å²) in [4.78, 5) is 40.9. The van der Waals surface area contributed by atoms with Crippen molar-refractivity contribution in [1.29, 1.82) is 0 Å². The van der Waals surface area contributed by atoms with Gasteiger partial charge in [0.2, 0.25) is 11.8 Å². The normalized spacial score (nSPS) is 16.3. The standard InChI is InChI=1S/C27H32N4O3S/c1-19-25(27(34)31(29(19)3)22-13-8-5-9-14-22)28-26(33)20(2)35-18-24(32)30-16-10-15-23(30)17-21-11-6-4-7-12-21/h4-9,11-14,20,23H,10,15-18H2,1-3H3,(H,28,33). The van der Waals surface area contributed by atoms with Gasteiger partial charge in [-0.3, -0.25) is 19.1 Å². The minimum atomic E-state index is -0.474. The molecule has 4 rings (SSSR count). The van der Waals surface area contributed by atoms with Gasteiger partial charge in [0.1, 0.15) is 5.69 Å². The van der Waals surface area contributed by atoms with Crippen molar-refractivity contribution in [3.8, 4) is 5.69 Å². The molecule has 35 heavy (non-hydrogen) atoms. The smallest absolute Gasteiger partial charge is 0.295 e. The highest BCUT2D eigenvalue weighted by molar-refractivity contribution is 8.01. The number of thioether (sulfide) groups is 1. The van der Waals surface area contributed by atoms with Crippen LogP contribution in [-0.4, -0.2) is 49.7 Å². The Morgan fingerprint density at radius 3 is 2.43 bits per heavy atom. The molecule has 0 aliphatic carbocycles. The van der Waals surface area contributed by atoms with Crippen LogP contribution in [0.15, 0.2) is 65.5 Å². The van der Waals surface area contributed by atoms with E-state index in [0.717, 1.165) is 31.5 Å². The van der Waals surface area contributed by atoms with E-state index in [9.17, 15) is 14.4 Å². The maximum Gasteiger partial charge on any atom is 0.295 e. The number of nitrogens with one attached hydrogen (secondary N) is 1. The molecular formula is C27H32N4O3S. The van der Waals surface area contributed by atoms with E-state index in [1.165, 1.54) is 22.0 Å². The topological polar surface area (TPSA) is 76.3 Å². The summed E-state index contributed by atoms with van der Waals surface area (Å²) in [7, 11) is 1.79. The van der Waals surface area contributed by atoms with E-state index in [0.29, 0.717) is 5.69 Å². The SMILES string of the molecule is Cc1c(NC(=O)C(C)SCC(=O)N2CCCC2Cc2ccccc2)c(=O)n(-c2ccccc2)n1C. The van der Waals surface area contributed by atoms with Crippen molar-refractivity contribution in [2.45, 2.75) is 44.4 Å². The Bertz CT molecular complexity index is 1240. The minimum absolute atomic E-state index is 0.0652. The maximum atomic E-state index is 13.1. The van der Waals surface area contributed by atoms with Gasteiger partial charge in [0.25, 0.3) is 5.56 Å². The number of amides is 2. The molecule has 7 nitrogen and oxygen atoms in total. The van der Waals surface area contributed by atoms with Gasteiger partial charge in [-0.25, -0.2) is 4.68 Å². The fourth-order valence-corrected chi connectivity index (χ4v) is 5.32. The van der Waals surface area contributed by atoms with Gasteiger partial charge in [0.15, 0.2) is 0 Å². The summed E-state index contributed by atoms with van der Waals surface area (Å²) in [6.07, 6.45) is 2.86. The lowest BCUT2D eigenvalue weighted by atomic mass is 10.0. The molecule has 1 saturated heterocycles. The molecular weight excluding hydrogens is 460 g/mol. The van der Waals surface area contributed by atoms with Crippen molar-refractivity contribution >= 4 is 29.3 Å².